The van der Waals surface area contributed by atoms with E-state index in [1.807, 2.05) is 29.2 Å². The molecule has 0 spiro atoms. The Morgan fingerprint density at radius 2 is 1.84 bits per heavy atom. The molecule has 1 heterocycles. The minimum Gasteiger partial charge on any atom is -0.481 e. The molecule has 0 aromatic heterocycles. The van der Waals surface area contributed by atoms with Crippen LogP contribution in [0.3, 0.4) is 0 Å². The molecule has 4 nitrogen and oxygen atoms in total. The van der Waals surface area contributed by atoms with Gasteiger partial charge in [0.1, 0.15) is 12.4 Å². The maximum Gasteiger partial charge on any atom is 0.253 e. The fraction of sp³-hybridized carbons (Fsp3) is 0.250. The molecule has 2 aromatic rings. The Balaban J connectivity index is 1.59. The van der Waals surface area contributed by atoms with E-state index in [1.54, 1.807) is 24.3 Å². The van der Waals surface area contributed by atoms with E-state index in [-0.39, 0.29) is 12.5 Å². The van der Waals surface area contributed by atoms with Crippen molar-refractivity contribution in [2.24, 2.45) is 0 Å². The zero-order chi connectivity index (χ0) is 17.6. The van der Waals surface area contributed by atoms with Crippen LogP contribution in [0.25, 0.3) is 0 Å². The van der Waals surface area contributed by atoms with Crippen LogP contribution < -0.4 is 9.64 Å². The number of halogens is 1. The van der Waals surface area contributed by atoms with Gasteiger partial charge >= 0.3 is 0 Å². The van der Waals surface area contributed by atoms with Crippen molar-refractivity contribution in [2.75, 3.05) is 37.7 Å². The van der Waals surface area contributed by atoms with Crippen LogP contribution >= 0.6 is 11.6 Å². The van der Waals surface area contributed by atoms with Crippen LogP contribution in [0.4, 0.5) is 5.69 Å². The summed E-state index contributed by atoms with van der Waals surface area (Å²) in [5, 5.41) is 0.725. The van der Waals surface area contributed by atoms with Crippen LogP contribution in [0.1, 0.15) is 10.4 Å². The Morgan fingerprint density at radius 3 is 2.48 bits per heavy atom. The van der Waals surface area contributed by atoms with Gasteiger partial charge < -0.3 is 14.5 Å². The molecule has 1 saturated heterocycles. The third kappa shape index (κ3) is 4.26. The second kappa shape index (κ2) is 7.96. The number of nitrogens with zero attached hydrogens (tertiary/aromatic N) is 2. The lowest BCUT2D eigenvalue weighted by Gasteiger charge is -2.36. The maximum absolute atomic E-state index is 12.6. The third-order valence-corrected chi connectivity index (χ3v) is 4.40. The predicted molar refractivity (Wildman–Crippen MR) is 100 cm³/mol. The van der Waals surface area contributed by atoms with Crippen LogP contribution in [0, 0.1) is 12.3 Å². The lowest BCUT2D eigenvalue weighted by molar-refractivity contribution is 0.0747. The maximum atomic E-state index is 12.6. The summed E-state index contributed by atoms with van der Waals surface area (Å²) in [5.74, 6) is 3.12. The minimum atomic E-state index is 0.0363. The number of carbonyl (C=O) groups excluding carboxylic acids is 1. The quantitative estimate of drug-likeness (QED) is 0.790. The van der Waals surface area contributed by atoms with Gasteiger partial charge in [-0.15, -0.1) is 6.42 Å². The van der Waals surface area contributed by atoms with E-state index in [0.717, 1.165) is 23.8 Å². The highest BCUT2D eigenvalue weighted by atomic mass is 35.5. The monoisotopic (exact) mass is 354 g/mol. The fourth-order valence-corrected chi connectivity index (χ4v) is 3.03. The number of anilines is 1. The summed E-state index contributed by atoms with van der Waals surface area (Å²) in [7, 11) is 0. The molecule has 0 bridgehead atoms. The van der Waals surface area contributed by atoms with E-state index in [1.165, 1.54) is 0 Å². The van der Waals surface area contributed by atoms with Gasteiger partial charge in [0.15, 0.2) is 0 Å². The van der Waals surface area contributed by atoms with E-state index in [0.29, 0.717) is 24.4 Å². The largest absolute Gasteiger partial charge is 0.481 e. The SMILES string of the molecule is C#CCOc1ccc(C(=O)N2CCN(c3cccc(Cl)c3)CC2)cc1. The van der Waals surface area contributed by atoms with Crippen molar-refractivity contribution in [3.8, 4) is 18.1 Å². The van der Waals surface area contributed by atoms with E-state index in [9.17, 15) is 4.79 Å². The molecular formula is C20H19ClN2O2. The van der Waals surface area contributed by atoms with Crippen molar-refractivity contribution in [1.29, 1.82) is 0 Å². The smallest absolute Gasteiger partial charge is 0.253 e. The highest BCUT2D eigenvalue weighted by molar-refractivity contribution is 6.30. The van der Waals surface area contributed by atoms with Gasteiger partial charge in [-0.25, -0.2) is 0 Å². The second-order valence-corrected chi connectivity index (χ2v) is 6.21. The molecule has 0 aliphatic carbocycles. The first-order valence-corrected chi connectivity index (χ1v) is 8.51. The highest BCUT2D eigenvalue weighted by Crippen LogP contribution is 2.21. The van der Waals surface area contributed by atoms with Crippen LogP contribution in [0.15, 0.2) is 48.5 Å². The number of terminal acetylenes is 1. The summed E-state index contributed by atoms with van der Waals surface area (Å²) in [6.07, 6.45) is 5.17. The molecule has 0 N–H and O–H groups in total. The average Bonchev–Trinajstić information content (AvgIpc) is 2.66. The van der Waals surface area contributed by atoms with Crippen LogP contribution in [-0.2, 0) is 0 Å². The molecule has 0 unspecified atom stereocenters. The van der Waals surface area contributed by atoms with Crippen molar-refractivity contribution in [1.82, 2.24) is 4.90 Å². The summed E-state index contributed by atoms with van der Waals surface area (Å²) >= 11 is 6.06. The Labute approximate surface area is 152 Å². The van der Waals surface area contributed by atoms with E-state index in [2.05, 4.69) is 10.8 Å². The number of hydrogen-bond donors (Lipinski definition) is 0. The molecule has 0 radical (unpaired) electrons. The molecule has 25 heavy (non-hydrogen) atoms. The Morgan fingerprint density at radius 1 is 1.12 bits per heavy atom. The molecule has 1 aliphatic heterocycles. The van der Waals surface area contributed by atoms with E-state index in [4.69, 9.17) is 22.8 Å². The Hall–Kier alpha value is -2.64. The predicted octanol–water partition coefficient (Wildman–Crippen LogP) is 3.31. The zero-order valence-electron chi connectivity index (χ0n) is 13.8. The van der Waals surface area contributed by atoms with E-state index < -0.39 is 0 Å². The van der Waals surface area contributed by atoms with Crippen LogP contribution in [0.5, 0.6) is 5.75 Å². The van der Waals surface area contributed by atoms with Gasteiger partial charge in [0.2, 0.25) is 0 Å². The van der Waals surface area contributed by atoms with Gasteiger partial charge in [0.05, 0.1) is 0 Å². The number of benzene rings is 2. The summed E-state index contributed by atoms with van der Waals surface area (Å²) < 4.78 is 5.33. The molecule has 1 amide bonds. The van der Waals surface area contributed by atoms with Crippen LogP contribution in [0.2, 0.25) is 5.02 Å². The number of ether oxygens (including phenoxy) is 1. The molecular weight excluding hydrogens is 336 g/mol. The zero-order valence-corrected chi connectivity index (χ0v) is 14.6. The Kier molecular flexibility index (Phi) is 5.47. The minimum absolute atomic E-state index is 0.0363. The van der Waals surface area contributed by atoms with E-state index >= 15 is 0 Å². The molecule has 0 saturated carbocycles. The van der Waals surface area contributed by atoms with Crippen molar-refractivity contribution in [2.45, 2.75) is 0 Å². The first kappa shape index (κ1) is 17.2. The van der Waals surface area contributed by atoms with Crippen molar-refractivity contribution in [3.05, 3.63) is 59.1 Å². The summed E-state index contributed by atoms with van der Waals surface area (Å²) in [6.45, 7) is 3.16. The number of amides is 1. The topological polar surface area (TPSA) is 32.8 Å². The standard InChI is InChI=1S/C20H19ClN2O2/c1-2-14-25-19-8-6-16(7-9-19)20(24)23-12-10-22(11-13-23)18-5-3-4-17(21)15-18/h1,3-9,15H,10-14H2. The number of rotatable bonds is 4. The Bertz CT molecular complexity index is 775. The normalized spacial score (nSPS) is 14.1. The second-order valence-electron chi connectivity index (χ2n) is 5.78. The number of hydrogen-bond acceptors (Lipinski definition) is 3. The lowest BCUT2D eigenvalue weighted by atomic mass is 10.1. The number of piperazine rings is 1. The summed E-state index contributed by atoms with van der Waals surface area (Å²) in [4.78, 5) is 16.8. The molecule has 2 aromatic carbocycles. The van der Waals surface area contributed by atoms with Gasteiger partial charge in [0.25, 0.3) is 5.91 Å². The summed E-state index contributed by atoms with van der Waals surface area (Å²) in [6, 6.07) is 14.9. The number of carbonyl (C=O) groups is 1. The molecule has 3 rings (SSSR count). The third-order valence-electron chi connectivity index (χ3n) is 4.16. The first-order chi connectivity index (χ1) is 12.2. The highest BCUT2D eigenvalue weighted by Gasteiger charge is 2.22. The average molecular weight is 355 g/mol. The van der Waals surface area contributed by atoms with Crippen molar-refractivity contribution >= 4 is 23.2 Å². The van der Waals surface area contributed by atoms with Gasteiger partial charge in [-0.3, -0.25) is 4.79 Å². The lowest BCUT2D eigenvalue weighted by Crippen LogP contribution is -2.48. The molecule has 5 heteroatoms. The fourth-order valence-electron chi connectivity index (χ4n) is 2.84. The molecule has 128 valence electrons. The van der Waals surface area contributed by atoms with Crippen LogP contribution in [-0.4, -0.2) is 43.6 Å². The van der Waals surface area contributed by atoms with Gasteiger partial charge in [0, 0.05) is 42.5 Å². The van der Waals surface area contributed by atoms with Gasteiger partial charge in [-0.2, -0.15) is 0 Å². The molecule has 0 atom stereocenters. The first-order valence-electron chi connectivity index (χ1n) is 8.13. The van der Waals surface area contributed by atoms with Gasteiger partial charge in [-0.1, -0.05) is 23.6 Å². The summed E-state index contributed by atoms with van der Waals surface area (Å²) in [5.41, 5.74) is 1.75. The van der Waals surface area contributed by atoms with Crippen molar-refractivity contribution < 1.29 is 9.53 Å². The van der Waals surface area contributed by atoms with Crippen molar-refractivity contribution in [3.63, 3.8) is 0 Å². The molecule has 1 aliphatic rings. The molecule has 1 fully saturated rings. The van der Waals surface area contributed by atoms with Gasteiger partial charge in [-0.05, 0) is 42.5 Å².